The van der Waals surface area contributed by atoms with Crippen molar-refractivity contribution in [2.75, 3.05) is 0 Å². The number of benzene rings is 2. The van der Waals surface area contributed by atoms with Gasteiger partial charge in [0.25, 0.3) is 0 Å². The van der Waals surface area contributed by atoms with Crippen LogP contribution in [0.5, 0.6) is 5.75 Å². The molecular weight excluding hydrogens is 320 g/mol. The molecule has 102 valence electrons. The highest BCUT2D eigenvalue weighted by Crippen LogP contribution is 2.25. The fraction of sp³-hybridized carbons (Fsp3) is 0.0625. The van der Waals surface area contributed by atoms with Crippen molar-refractivity contribution >= 4 is 28.0 Å². The molecule has 0 atom stereocenters. The van der Waals surface area contributed by atoms with Gasteiger partial charge >= 0.3 is 5.97 Å². The zero-order chi connectivity index (χ0) is 14.4. The normalized spacial score (nSPS) is 10.7. The van der Waals surface area contributed by atoms with Gasteiger partial charge in [0.1, 0.15) is 12.4 Å². The minimum Gasteiger partial charge on any atom is -0.488 e. The number of halogens is 1. The van der Waals surface area contributed by atoms with Gasteiger partial charge in [-0.1, -0.05) is 46.3 Å². The SMILES string of the molecule is O=C(O)/C=C/c1cc(Br)ccc1OCc1ccccc1. The van der Waals surface area contributed by atoms with Gasteiger partial charge in [-0.05, 0) is 29.8 Å². The summed E-state index contributed by atoms with van der Waals surface area (Å²) in [6, 6.07) is 15.3. The summed E-state index contributed by atoms with van der Waals surface area (Å²) in [7, 11) is 0. The van der Waals surface area contributed by atoms with Gasteiger partial charge in [-0.25, -0.2) is 4.79 Å². The first-order valence-corrected chi connectivity index (χ1v) is 6.82. The highest BCUT2D eigenvalue weighted by Gasteiger charge is 2.03. The molecule has 0 unspecified atom stereocenters. The lowest BCUT2D eigenvalue weighted by atomic mass is 10.2. The summed E-state index contributed by atoms with van der Waals surface area (Å²) >= 11 is 3.36. The largest absolute Gasteiger partial charge is 0.488 e. The van der Waals surface area contributed by atoms with E-state index in [1.165, 1.54) is 6.08 Å². The Kier molecular flexibility index (Phi) is 4.96. The van der Waals surface area contributed by atoms with Crippen LogP contribution < -0.4 is 4.74 Å². The highest BCUT2D eigenvalue weighted by atomic mass is 79.9. The van der Waals surface area contributed by atoms with Crippen LogP contribution in [-0.2, 0) is 11.4 Å². The van der Waals surface area contributed by atoms with Crippen LogP contribution in [0.25, 0.3) is 6.08 Å². The van der Waals surface area contributed by atoms with Gasteiger partial charge in [-0.3, -0.25) is 0 Å². The smallest absolute Gasteiger partial charge is 0.328 e. The van der Waals surface area contributed by atoms with Crippen LogP contribution in [-0.4, -0.2) is 11.1 Å². The van der Waals surface area contributed by atoms with E-state index < -0.39 is 5.97 Å². The van der Waals surface area contributed by atoms with Crippen LogP contribution in [0.2, 0.25) is 0 Å². The Bertz CT molecular complexity index is 621. The van der Waals surface area contributed by atoms with Crippen molar-refractivity contribution < 1.29 is 14.6 Å². The number of ether oxygens (including phenoxy) is 1. The van der Waals surface area contributed by atoms with Crippen LogP contribution in [0, 0.1) is 0 Å². The maximum Gasteiger partial charge on any atom is 0.328 e. The molecule has 0 saturated heterocycles. The lowest BCUT2D eigenvalue weighted by Crippen LogP contribution is -1.97. The van der Waals surface area contributed by atoms with Gasteiger partial charge in [0.15, 0.2) is 0 Å². The lowest BCUT2D eigenvalue weighted by molar-refractivity contribution is -0.131. The molecule has 0 spiro atoms. The van der Waals surface area contributed by atoms with E-state index in [0.717, 1.165) is 21.7 Å². The maximum absolute atomic E-state index is 10.6. The molecule has 0 radical (unpaired) electrons. The summed E-state index contributed by atoms with van der Waals surface area (Å²) < 4.78 is 6.62. The molecule has 2 aromatic rings. The monoisotopic (exact) mass is 332 g/mol. The van der Waals surface area contributed by atoms with Crippen molar-refractivity contribution in [3.8, 4) is 5.75 Å². The van der Waals surface area contributed by atoms with Crippen LogP contribution in [0.15, 0.2) is 59.1 Å². The molecule has 20 heavy (non-hydrogen) atoms. The van der Waals surface area contributed by atoms with Crippen LogP contribution in [0.4, 0.5) is 0 Å². The molecule has 4 heteroatoms. The van der Waals surface area contributed by atoms with Crippen molar-refractivity contribution in [2.24, 2.45) is 0 Å². The standard InChI is InChI=1S/C16H13BrO3/c17-14-7-8-15(13(10-14)6-9-16(18)19)20-11-12-4-2-1-3-5-12/h1-10H,11H2,(H,18,19)/b9-6+. The zero-order valence-corrected chi connectivity index (χ0v) is 12.2. The molecule has 1 N–H and O–H groups in total. The van der Waals surface area contributed by atoms with E-state index >= 15 is 0 Å². The highest BCUT2D eigenvalue weighted by molar-refractivity contribution is 9.10. The Morgan fingerprint density at radius 2 is 1.95 bits per heavy atom. The molecule has 3 nitrogen and oxygen atoms in total. The minimum absolute atomic E-state index is 0.441. The third-order valence-corrected chi connectivity index (χ3v) is 3.11. The second-order valence-electron chi connectivity index (χ2n) is 4.13. The molecule has 0 saturated carbocycles. The molecule has 0 aliphatic carbocycles. The van der Waals surface area contributed by atoms with Crippen LogP contribution in [0.3, 0.4) is 0 Å². The Labute approximate surface area is 125 Å². The molecule has 0 aliphatic heterocycles. The van der Waals surface area contributed by atoms with E-state index in [-0.39, 0.29) is 0 Å². The van der Waals surface area contributed by atoms with Gasteiger partial charge in [0.2, 0.25) is 0 Å². The van der Waals surface area contributed by atoms with Crippen LogP contribution >= 0.6 is 15.9 Å². The van der Waals surface area contributed by atoms with Gasteiger partial charge in [0, 0.05) is 16.1 Å². The van der Waals surface area contributed by atoms with Gasteiger partial charge in [-0.2, -0.15) is 0 Å². The number of hydrogen-bond acceptors (Lipinski definition) is 2. The van der Waals surface area contributed by atoms with Gasteiger partial charge < -0.3 is 9.84 Å². The Hall–Kier alpha value is -2.07. The summed E-state index contributed by atoms with van der Waals surface area (Å²) in [5, 5.41) is 8.70. The van der Waals surface area contributed by atoms with E-state index in [9.17, 15) is 4.79 Å². The van der Waals surface area contributed by atoms with E-state index in [0.29, 0.717) is 12.4 Å². The van der Waals surface area contributed by atoms with E-state index in [1.54, 1.807) is 0 Å². The summed E-state index contributed by atoms with van der Waals surface area (Å²) in [4.78, 5) is 10.6. The lowest BCUT2D eigenvalue weighted by Gasteiger charge is -2.09. The Balaban J connectivity index is 2.16. The quantitative estimate of drug-likeness (QED) is 0.837. The summed E-state index contributed by atoms with van der Waals surface area (Å²) in [5.74, 6) is -0.339. The maximum atomic E-state index is 10.6. The third kappa shape index (κ3) is 4.24. The zero-order valence-electron chi connectivity index (χ0n) is 10.6. The molecule has 2 rings (SSSR count). The molecule has 0 aromatic heterocycles. The summed E-state index contributed by atoms with van der Waals surface area (Å²) in [5.41, 5.74) is 1.78. The molecular formula is C16H13BrO3. The number of hydrogen-bond donors (Lipinski definition) is 1. The second-order valence-corrected chi connectivity index (χ2v) is 5.04. The predicted molar refractivity (Wildman–Crippen MR) is 81.6 cm³/mol. The number of aliphatic carboxylic acids is 1. The van der Waals surface area contributed by atoms with Crippen molar-refractivity contribution in [2.45, 2.75) is 6.61 Å². The Morgan fingerprint density at radius 3 is 2.65 bits per heavy atom. The molecule has 0 amide bonds. The first kappa shape index (κ1) is 14.3. The van der Waals surface area contributed by atoms with Crippen molar-refractivity contribution in [3.63, 3.8) is 0 Å². The molecule has 0 bridgehead atoms. The van der Waals surface area contributed by atoms with Gasteiger partial charge in [-0.15, -0.1) is 0 Å². The second kappa shape index (κ2) is 6.91. The summed E-state index contributed by atoms with van der Waals surface area (Å²) in [6.07, 6.45) is 2.62. The van der Waals surface area contributed by atoms with Crippen LogP contribution in [0.1, 0.15) is 11.1 Å². The number of carboxylic acid groups (broad SMARTS) is 1. The minimum atomic E-state index is -0.987. The first-order chi connectivity index (χ1) is 9.65. The Morgan fingerprint density at radius 1 is 1.20 bits per heavy atom. The molecule has 0 aliphatic rings. The van der Waals surface area contributed by atoms with E-state index in [1.807, 2.05) is 48.5 Å². The first-order valence-electron chi connectivity index (χ1n) is 6.02. The summed E-state index contributed by atoms with van der Waals surface area (Å²) in [6.45, 7) is 0.441. The predicted octanol–water partition coefficient (Wildman–Crippen LogP) is 4.13. The number of rotatable bonds is 5. The van der Waals surface area contributed by atoms with Gasteiger partial charge in [0.05, 0.1) is 0 Å². The number of carboxylic acids is 1. The molecule has 2 aromatic carbocycles. The average Bonchev–Trinajstić information content (AvgIpc) is 2.45. The molecule has 0 fully saturated rings. The fourth-order valence-corrected chi connectivity index (χ4v) is 2.06. The fourth-order valence-electron chi connectivity index (χ4n) is 1.68. The third-order valence-electron chi connectivity index (χ3n) is 2.61. The van der Waals surface area contributed by atoms with Crippen molar-refractivity contribution in [3.05, 3.63) is 70.2 Å². The molecule has 0 heterocycles. The number of carbonyl (C=O) groups is 1. The van der Waals surface area contributed by atoms with Crippen molar-refractivity contribution in [1.29, 1.82) is 0 Å². The van der Waals surface area contributed by atoms with Crippen molar-refractivity contribution in [1.82, 2.24) is 0 Å². The topological polar surface area (TPSA) is 46.5 Å². The average molecular weight is 333 g/mol. The van der Waals surface area contributed by atoms with E-state index in [4.69, 9.17) is 9.84 Å². The van der Waals surface area contributed by atoms with E-state index in [2.05, 4.69) is 15.9 Å².